The first-order valence-corrected chi connectivity index (χ1v) is 21.5. The number of nitrogens with zero attached hydrogens (tertiary/aromatic N) is 7. The van der Waals surface area contributed by atoms with Crippen LogP contribution in [0, 0.1) is 29.8 Å². The van der Waals surface area contributed by atoms with Crippen LogP contribution in [-0.4, -0.2) is 84.4 Å². The highest BCUT2D eigenvalue weighted by Crippen LogP contribution is 2.41. The van der Waals surface area contributed by atoms with E-state index in [2.05, 4.69) is 61.1 Å². The SMILES string of the molecule is O=C1NCc2nc(-c3c(F)cccc3F)c(Br)c(Cc3ccc(N4CCOCC4)cn3)c21.[C-]#[N+]c1c(-c2c(F)cccc2F)nc2c(c1Cc1ccc(N3CCOCC3)cn1)C(=O)NC2. The third-order valence-electron chi connectivity index (χ3n) is 11.5. The number of aromatic nitrogens is 4. The molecule has 2 amide bonds. The molecular weight excluding hydrogens is 910 g/mol. The first-order valence-electron chi connectivity index (χ1n) is 20.7. The van der Waals surface area contributed by atoms with Crippen molar-refractivity contribution in [1.82, 2.24) is 30.6 Å². The van der Waals surface area contributed by atoms with E-state index in [4.69, 9.17) is 16.0 Å². The van der Waals surface area contributed by atoms with Gasteiger partial charge in [-0.3, -0.25) is 24.5 Å². The molecule has 13 nitrogen and oxygen atoms in total. The third-order valence-corrected chi connectivity index (χ3v) is 12.4. The van der Waals surface area contributed by atoms with Crippen LogP contribution in [0.15, 0.2) is 77.5 Å². The number of carbonyl (C=O) groups is 2. The molecular formula is C47H38BrF4N9O4. The monoisotopic (exact) mass is 947 g/mol. The predicted octanol–water partition coefficient (Wildman–Crippen LogP) is 7.50. The van der Waals surface area contributed by atoms with Crippen molar-refractivity contribution in [2.24, 2.45) is 0 Å². The molecule has 10 rings (SSSR count). The molecule has 0 spiro atoms. The summed E-state index contributed by atoms with van der Waals surface area (Å²) in [6.45, 7) is 13.9. The molecule has 4 aromatic heterocycles. The zero-order valence-electron chi connectivity index (χ0n) is 34.6. The second-order valence-electron chi connectivity index (χ2n) is 15.4. The van der Waals surface area contributed by atoms with Gasteiger partial charge in [-0.05, 0) is 75.6 Å². The van der Waals surface area contributed by atoms with Crippen LogP contribution >= 0.6 is 15.9 Å². The van der Waals surface area contributed by atoms with E-state index in [0.717, 1.165) is 55.4 Å². The Hall–Kier alpha value is -6.81. The van der Waals surface area contributed by atoms with E-state index >= 15 is 0 Å². The number of ether oxygens (including phenoxy) is 2. The topological polar surface area (TPSA) is 139 Å². The van der Waals surface area contributed by atoms with Crippen molar-refractivity contribution in [3.05, 3.63) is 157 Å². The summed E-state index contributed by atoms with van der Waals surface area (Å²) < 4.78 is 69.3. The van der Waals surface area contributed by atoms with Gasteiger partial charge in [0.05, 0.1) is 115 Å². The molecule has 0 aliphatic carbocycles. The van der Waals surface area contributed by atoms with E-state index in [1.54, 1.807) is 12.4 Å². The summed E-state index contributed by atoms with van der Waals surface area (Å²) in [7, 11) is 0. The fourth-order valence-electron chi connectivity index (χ4n) is 8.31. The Morgan fingerprint density at radius 3 is 1.49 bits per heavy atom. The van der Waals surface area contributed by atoms with Gasteiger partial charge in [-0.2, -0.15) is 0 Å². The Morgan fingerprint density at radius 2 is 1.05 bits per heavy atom. The number of halogens is 5. The van der Waals surface area contributed by atoms with E-state index in [0.29, 0.717) is 71.1 Å². The maximum atomic E-state index is 14.6. The van der Waals surface area contributed by atoms with Gasteiger partial charge in [0.1, 0.15) is 23.3 Å². The minimum atomic E-state index is -0.816. The minimum absolute atomic E-state index is 0.0474. The van der Waals surface area contributed by atoms with Crippen LogP contribution < -0.4 is 20.4 Å². The van der Waals surface area contributed by atoms with Crippen molar-refractivity contribution in [1.29, 1.82) is 0 Å². The quantitative estimate of drug-likeness (QED) is 0.117. The second kappa shape index (κ2) is 18.7. The molecule has 0 radical (unpaired) electrons. The van der Waals surface area contributed by atoms with E-state index in [1.165, 1.54) is 24.3 Å². The van der Waals surface area contributed by atoms with Gasteiger partial charge in [0.15, 0.2) is 0 Å². The van der Waals surface area contributed by atoms with Crippen LogP contribution in [0.3, 0.4) is 0 Å². The fourth-order valence-corrected chi connectivity index (χ4v) is 8.94. The summed E-state index contributed by atoms with van der Waals surface area (Å²) in [5.41, 5.74) is 5.23. The van der Waals surface area contributed by atoms with Crippen LogP contribution in [0.1, 0.15) is 54.6 Å². The summed E-state index contributed by atoms with van der Waals surface area (Å²) in [6, 6.07) is 14.8. The van der Waals surface area contributed by atoms with Gasteiger partial charge >= 0.3 is 0 Å². The molecule has 0 bridgehead atoms. The molecule has 18 heteroatoms. The van der Waals surface area contributed by atoms with Crippen molar-refractivity contribution >= 4 is 44.8 Å². The molecule has 8 heterocycles. The molecule has 2 fully saturated rings. The number of anilines is 2. The van der Waals surface area contributed by atoms with Gasteiger partial charge < -0.3 is 29.9 Å². The average Bonchev–Trinajstić information content (AvgIpc) is 3.89. The molecule has 0 unspecified atom stereocenters. The van der Waals surface area contributed by atoms with Crippen molar-refractivity contribution < 1.29 is 36.6 Å². The minimum Gasteiger partial charge on any atom is -0.378 e. The summed E-state index contributed by atoms with van der Waals surface area (Å²) in [6.07, 6.45) is 4.01. The van der Waals surface area contributed by atoms with Crippen molar-refractivity contribution in [2.45, 2.75) is 25.9 Å². The van der Waals surface area contributed by atoms with Gasteiger partial charge in [-0.25, -0.2) is 27.4 Å². The molecule has 4 aliphatic heterocycles. The fraction of sp³-hybridized carbons (Fsp3) is 0.255. The number of hydrogen-bond acceptors (Lipinski definition) is 10. The van der Waals surface area contributed by atoms with Crippen molar-refractivity contribution in [3.8, 4) is 22.5 Å². The first kappa shape index (κ1) is 43.4. The molecule has 4 aliphatic rings. The van der Waals surface area contributed by atoms with E-state index in [-0.39, 0.29) is 65.1 Å². The standard InChI is InChI=1S/C24H19F2N5O2.C23H19BrF2N4O2/c1-27-22-16(11-14-5-6-15(12-28-14)31-7-9-33-10-8-31)20-19(13-29-24(20)32)30-23(22)21-17(25)3-2-4-18(21)26;24-21-15(10-13-4-5-14(11-27-13)30-6-8-32-9-7-30)19-18(12-28-23(19)31)29-22(21)20-16(25)2-1-3-17(20)26/h2-6,12H,7-11,13H2,(H,29,32);1-5,11H,6-10,12H2,(H,28,31). The summed E-state index contributed by atoms with van der Waals surface area (Å²) in [5, 5.41) is 5.44. The highest BCUT2D eigenvalue weighted by atomic mass is 79.9. The lowest BCUT2D eigenvalue weighted by molar-refractivity contribution is 0.0957. The Balaban J connectivity index is 0.000000164. The molecule has 65 heavy (non-hydrogen) atoms. The molecule has 0 saturated carbocycles. The van der Waals surface area contributed by atoms with Crippen molar-refractivity contribution in [2.75, 3.05) is 62.4 Å². The van der Waals surface area contributed by atoms with Gasteiger partial charge in [-0.1, -0.05) is 12.1 Å². The molecule has 2 N–H and O–H groups in total. The predicted molar refractivity (Wildman–Crippen MR) is 236 cm³/mol. The highest BCUT2D eigenvalue weighted by Gasteiger charge is 2.32. The number of pyridine rings is 4. The lowest BCUT2D eigenvalue weighted by atomic mass is 9.96. The Labute approximate surface area is 378 Å². The number of morpholine rings is 2. The Bertz CT molecular complexity index is 2830. The number of nitrogens with one attached hydrogen (secondary N) is 2. The van der Waals surface area contributed by atoms with Crippen LogP contribution in [0.4, 0.5) is 34.6 Å². The normalized spacial score (nSPS) is 15.4. The van der Waals surface area contributed by atoms with Gasteiger partial charge in [0.2, 0.25) is 5.69 Å². The maximum absolute atomic E-state index is 14.6. The lowest BCUT2D eigenvalue weighted by Gasteiger charge is -2.28. The zero-order chi connectivity index (χ0) is 45.2. The van der Waals surface area contributed by atoms with E-state index < -0.39 is 23.3 Å². The van der Waals surface area contributed by atoms with E-state index in [1.807, 2.05) is 24.3 Å². The number of benzene rings is 2. The number of fused-ring (bicyclic) bond motifs is 2. The number of hydrogen-bond donors (Lipinski definition) is 2. The van der Waals surface area contributed by atoms with Crippen LogP contribution in [-0.2, 0) is 35.4 Å². The molecule has 2 saturated heterocycles. The average molecular weight is 949 g/mol. The van der Waals surface area contributed by atoms with Crippen molar-refractivity contribution in [3.63, 3.8) is 0 Å². The molecule has 0 atom stereocenters. The van der Waals surface area contributed by atoms with Gasteiger partial charge in [0.25, 0.3) is 11.8 Å². The molecule has 330 valence electrons. The Kier molecular flexibility index (Phi) is 12.5. The maximum Gasteiger partial charge on any atom is 0.253 e. The van der Waals surface area contributed by atoms with Gasteiger partial charge in [-0.15, -0.1) is 0 Å². The molecule has 6 aromatic rings. The highest BCUT2D eigenvalue weighted by molar-refractivity contribution is 9.10. The Morgan fingerprint density at radius 1 is 0.615 bits per heavy atom. The third kappa shape index (κ3) is 8.74. The van der Waals surface area contributed by atoms with E-state index in [9.17, 15) is 27.2 Å². The number of rotatable bonds is 8. The smallest absolute Gasteiger partial charge is 0.253 e. The zero-order valence-corrected chi connectivity index (χ0v) is 36.2. The summed E-state index contributed by atoms with van der Waals surface area (Å²) >= 11 is 3.48. The number of carbonyl (C=O) groups excluding carboxylic acids is 2. The van der Waals surface area contributed by atoms with Crippen LogP contribution in [0.2, 0.25) is 0 Å². The van der Waals surface area contributed by atoms with Gasteiger partial charge in [0, 0.05) is 54.9 Å². The van der Waals surface area contributed by atoms with Crippen LogP contribution in [0.25, 0.3) is 27.4 Å². The number of amides is 2. The summed E-state index contributed by atoms with van der Waals surface area (Å²) in [4.78, 5) is 50.8. The second-order valence-corrected chi connectivity index (χ2v) is 16.2. The largest absolute Gasteiger partial charge is 0.378 e. The summed E-state index contributed by atoms with van der Waals surface area (Å²) in [5.74, 6) is -3.67. The lowest BCUT2D eigenvalue weighted by Crippen LogP contribution is -2.36. The molecule has 2 aromatic carbocycles. The van der Waals surface area contributed by atoms with Crippen LogP contribution in [0.5, 0.6) is 0 Å². The first-order chi connectivity index (χ1) is 31.6.